The first-order chi connectivity index (χ1) is 17.1. The number of para-hydroxylation sites is 2. The van der Waals surface area contributed by atoms with E-state index in [-0.39, 0.29) is 18.4 Å². The molecule has 3 heterocycles. The molecule has 0 N–H and O–H groups in total. The average molecular weight is 472 g/mol. The summed E-state index contributed by atoms with van der Waals surface area (Å²) in [5.41, 5.74) is 4.10. The summed E-state index contributed by atoms with van der Waals surface area (Å²) in [4.78, 5) is 22.6. The Bertz CT molecular complexity index is 1320. The van der Waals surface area contributed by atoms with Gasteiger partial charge in [-0.2, -0.15) is 0 Å². The van der Waals surface area contributed by atoms with Crippen LogP contribution in [0.15, 0.2) is 65.4 Å². The van der Waals surface area contributed by atoms with Gasteiger partial charge in [0.1, 0.15) is 23.7 Å². The number of pyridine rings is 1. The lowest BCUT2D eigenvalue weighted by Crippen LogP contribution is -2.36. The summed E-state index contributed by atoms with van der Waals surface area (Å²) in [6.45, 7) is 5.09. The number of hydrogen-bond donors (Lipinski definition) is 0. The molecule has 8 nitrogen and oxygen atoms in total. The molecule has 0 saturated carbocycles. The fraction of sp³-hybridized carbons (Fsp3) is 0.333. The molecular formula is C27H29N5O3. The van der Waals surface area contributed by atoms with Gasteiger partial charge in [0.25, 0.3) is 5.91 Å². The summed E-state index contributed by atoms with van der Waals surface area (Å²) < 4.78 is 10.7. The van der Waals surface area contributed by atoms with E-state index in [9.17, 15) is 4.79 Å². The van der Waals surface area contributed by atoms with E-state index < -0.39 is 0 Å². The number of benzene rings is 2. The standard InChI is InChI=1S/C27H29N5O3/c1-19-24(30-35-29-19)18-34-25-11-4-3-10-23(25)27(33)32-14-13-31(2)16-20(17-32)15-22-8-5-7-21-9-6-12-28-26(21)22/h3-12,20H,13-18H2,1-2H3/t20-/m1/s1. The number of nitrogens with zero attached hydrogens (tertiary/aromatic N) is 5. The molecule has 0 unspecified atom stereocenters. The molecule has 0 bridgehead atoms. The molecule has 1 atom stereocenters. The number of hydrogen-bond acceptors (Lipinski definition) is 7. The number of ether oxygens (including phenoxy) is 1. The van der Waals surface area contributed by atoms with E-state index in [0.29, 0.717) is 35.8 Å². The number of aromatic nitrogens is 3. The quantitative estimate of drug-likeness (QED) is 0.423. The van der Waals surface area contributed by atoms with Crippen molar-refractivity contribution in [2.45, 2.75) is 20.0 Å². The monoisotopic (exact) mass is 471 g/mol. The van der Waals surface area contributed by atoms with Gasteiger partial charge < -0.3 is 14.5 Å². The largest absolute Gasteiger partial charge is 0.486 e. The Morgan fingerprint density at radius 1 is 1.06 bits per heavy atom. The van der Waals surface area contributed by atoms with Crippen molar-refractivity contribution in [3.05, 3.63) is 83.3 Å². The van der Waals surface area contributed by atoms with Crippen LogP contribution >= 0.6 is 0 Å². The summed E-state index contributed by atoms with van der Waals surface area (Å²) in [5, 5.41) is 8.80. The Morgan fingerprint density at radius 2 is 1.91 bits per heavy atom. The van der Waals surface area contributed by atoms with E-state index in [1.54, 1.807) is 0 Å². The lowest BCUT2D eigenvalue weighted by atomic mass is 9.96. The van der Waals surface area contributed by atoms with Gasteiger partial charge in [0.2, 0.25) is 0 Å². The third kappa shape index (κ3) is 5.17. The van der Waals surface area contributed by atoms with E-state index in [1.165, 1.54) is 5.56 Å². The number of rotatable bonds is 6. The molecule has 2 aromatic heterocycles. The minimum absolute atomic E-state index is 0.0213. The zero-order valence-electron chi connectivity index (χ0n) is 20.1. The van der Waals surface area contributed by atoms with E-state index in [2.05, 4.69) is 51.5 Å². The SMILES string of the molecule is Cc1nonc1COc1ccccc1C(=O)N1CCN(C)C[C@@H](Cc2cccc3cccnc23)C1. The fourth-order valence-corrected chi connectivity index (χ4v) is 4.71. The smallest absolute Gasteiger partial charge is 0.257 e. The highest BCUT2D eigenvalue weighted by molar-refractivity contribution is 5.97. The van der Waals surface area contributed by atoms with Crippen LogP contribution in [0, 0.1) is 12.8 Å². The zero-order chi connectivity index (χ0) is 24.2. The Hall–Kier alpha value is -3.78. The summed E-state index contributed by atoms with van der Waals surface area (Å²) >= 11 is 0. The van der Waals surface area contributed by atoms with Crippen molar-refractivity contribution in [3.8, 4) is 5.75 Å². The van der Waals surface area contributed by atoms with Crippen LogP contribution in [0.2, 0.25) is 0 Å². The molecule has 0 radical (unpaired) electrons. The van der Waals surface area contributed by atoms with E-state index in [1.807, 2.05) is 48.4 Å². The van der Waals surface area contributed by atoms with Crippen LogP contribution < -0.4 is 4.74 Å². The third-order valence-corrected chi connectivity index (χ3v) is 6.54. The van der Waals surface area contributed by atoms with Crippen LogP contribution in [0.1, 0.15) is 27.3 Å². The second-order valence-corrected chi connectivity index (χ2v) is 9.16. The highest BCUT2D eigenvalue weighted by Crippen LogP contribution is 2.25. The first-order valence-electron chi connectivity index (χ1n) is 11.9. The maximum absolute atomic E-state index is 13.7. The molecule has 0 aliphatic carbocycles. The van der Waals surface area contributed by atoms with Crippen LogP contribution in [-0.2, 0) is 13.0 Å². The van der Waals surface area contributed by atoms with Crippen molar-refractivity contribution < 1.29 is 14.2 Å². The van der Waals surface area contributed by atoms with E-state index in [4.69, 9.17) is 9.37 Å². The molecule has 180 valence electrons. The third-order valence-electron chi connectivity index (χ3n) is 6.54. The van der Waals surface area contributed by atoms with Crippen molar-refractivity contribution >= 4 is 16.8 Å². The predicted octanol–water partition coefficient (Wildman–Crippen LogP) is 3.75. The molecule has 5 rings (SSSR count). The van der Waals surface area contributed by atoms with Crippen LogP contribution in [0.25, 0.3) is 10.9 Å². The fourth-order valence-electron chi connectivity index (χ4n) is 4.71. The van der Waals surface area contributed by atoms with Crippen molar-refractivity contribution in [3.63, 3.8) is 0 Å². The maximum atomic E-state index is 13.7. The Labute approximate surface area is 204 Å². The molecule has 35 heavy (non-hydrogen) atoms. The van der Waals surface area contributed by atoms with E-state index in [0.717, 1.165) is 30.4 Å². The number of aryl methyl sites for hydroxylation is 1. The number of likely N-dealkylation sites (N-methyl/N-ethyl adjacent to an activating group) is 1. The minimum atomic E-state index is -0.0213. The Balaban J connectivity index is 1.35. The molecule has 0 spiro atoms. The molecule has 1 amide bonds. The predicted molar refractivity (Wildman–Crippen MR) is 132 cm³/mol. The zero-order valence-corrected chi connectivity index (χ0v) is 20.1. The van der Waals surface area contributed by atoms with Crippen LogP contribution in [0.3, 0.4) is 0 Å². The lowest BCUT2D eigenvalue weighted by molar-refractivity contribution is 0.0741. The Kier molecular flexibility index (Phi) is 6.72. The Morgan fingerprint density at radius 3 is 2.77 bits per heavy atom. The summed E-state index contributed by atoms with van der Waals surface area (Å²) in [6.07, 6.45) is 2.70. The molecule has 8 heteroatoms. The second kappa shape index (κ2) is 10.2. The topological polar surface area (TPSA) is 84.6 Å². The van der Waals surface area contributed by atoms with Gasteiger partial charge in [-0.15, -0.1) is 0 Å². The number of fused-ring (bicyclic) bond motifs is 1. The second-order valence-electron chi connectivity index (χ2n) is 9.16. The van der Waals surface area contributed by atoms with Gasteiger partial charge in [-0.25, -0.2) is 4.63 Å². The maximum Gasteiger partial charge on any atom is 0.257 e. The summed E-state index contributed by atoms with van der Waals surface area (Å²) in [7, 11) is 2.12. The molecule has 2 aromatic carbocycles. The molecule has 4 aromatic rings. The van der Waals surface area contributed by atoms with Crippen LogP contribution in [0.5, 0.6) is 5.75 Å². The molecule has 1 fully saturated rings. The molecule has 1 aliphatic heterocycles. The van der Waals surface area contributed by atoms with Gasteiger partial charge in [-0.1, -0.05) is 46.7 Å². The molecule has 1 saturated heterocycles. The van der Waals surface area contributed by atoms with Crippen molar-refractivity contribution in [2.24, 2.45) is 5.92 Å². The van der Waals surface area contributed by atoms with Crippen LogP contribution in [-0.4, -0.2) is 64.2 Å². The summed E-state index contributed by atoms with van der Waals surface area (Å²) in [6, 6.07) is 17.8. The van der Waals surface area contributed by atoms with Gasteiger partial charge in [0.15, 0.2) is 0 Å². The lowest BCUT2D eigenvalue weighted by Gasteiger charge is -2.25. The van der Waals surface area contributed by atoms with Gasteiger partial charge in [0, 0.05) is 37.8 Å². The average Bonchev–Trinajstić information content (AvgIpc) is 3.19. The van der Waals surface area contributed by atoms with Gasteiger partial charge >= 0.3 is 0 Å². The first-order valence-corrected chi connectivity index (χ1v) is 11.9. The van der Waals surface area contributed by atoms with Crippen molar-refractivity contribution in [1.82, 2.24) is 25.1 Å². The van der Waals surface area contributed by atoms with Crippen molar-refractivity contribution in [1.29, 1.82) is 0 Å². The van der Waals surface area contributed by atoms with Gasteiger partial charge in [0.05, 0.1) is 11.1 Å². The number of carbonyl (C=O) groups excluding carboxylic acids is 1. The summed E-state index contributed by atoms with van der Waals surface area (Å²) in [5.74, 6) is 0.801. The normalized spacial score (nSPS) is 16.9. The van der Waals surface area contributed by atoms with Crippen LogP contribution in [0.4, 0.5) is 0 Å². The molecular weight excluding hydrogens is 442 g/mol. The van der Waals surface area contributed by atoms with Gasteiger partial charge in [-0.05, 0) is 50.1 Å². The minimum Gasteiger partial charge on any atom is -0.486 e. The molecule has 1 aliphatic rings. The number of amides is 1. The van der Waals surface area contributed by atoms with Crippen molar-refractivity contribution in [2.75, 3.05) is 33.2 Å². The van der Waals surface area contributed by atoms with E-state index >= 15 is 0 Å². The highest BCUT2D eigenvalue weighted by atomic mass is 16.6. The highest BCUT2D eigenvalue weighted by Gasteiger charge is 2.27. The van der Waals surface area contributed by atoms with Gasteiger partial charge in [-0.3, -0.25) is 9.78 Å². The first kappa shape index (κ1) is 23.0. The number of carbonyl (C=O) groups is 1.